The van der Waals surface area contributed by atoms with Crippen molar-refractivity contribution in [3.63, 3.8) is 0 Å². The Balaban J connectivity index is 1.95. The molecule has 1 heterocycles. The third kappa shape index (κ3) is 5.30. The van der Waals surface area contributed by atoms with Crippen LogP contribution in [0.4, 0.5) is 8.78 Å². The van der Waals surface area contributed by atoms with Crippen LogP contribution in [-0.2, 0) is 0 Å². The number of halogens is 3. The lowest BCUT2D eigenvalue weighted by Gasteiger charge is -2.09. The molecule has 0 unspecified atom stereocenters. The van der Waals surface area contributed by atoms with Gasteiger partial charge in [-0.2, -0.15) is 8.78 Å². The van der Waals surface area contributed by atoms with Gasteiger partial charge in [-0.15, -0.1) is 11.3 Å². The number of nitrogens with one attached hydrogen (secondary N) is 1. The zero-order chi connectivity index (χ0) is 21.0. The van der Waals surface area contributed by atoms with E-state index in [9.17, 15) is 18.4 Å². The lowest BCUT2D eigenvalue weighted by molar-refractivity contribution is -0.0512. The summed E-state index contributed by atoms with van der Waals surface area (Å²) in [5, 5.41) is 0.436. The number of aromatic amines is 1. The second-order valence-electron chi connectivity index (χ2n) is 5.74. The number of thiazole rings is 1. The van der Waals surface area contributed by atoms with Crippen LogP contribution in [0.3, 0.4) is 0 Å². The van der Waals surface area contributed by atoms with Crippen molar-refractivity contribution in [3.05, 3.63) is 78.2 Å². The summed E-state index contributed by atoms with van der Waals surface area (Å²) in [6.07, 6.45) is 2.87. The normalized spacial score (nSPS) is 12.4. The van der Waals surface area contributed by atoms with Crippen molar-refractivity contribution in [2.75, 3.05) is 7.11 Å². The van der Waals surface area contributed by atoms with Crippen molar-refractivity contribution in [2.45, 2.75) is 6.61 Å². The molecule has 0 fully saturated rings. The number of Topliss-reactive ketones (excluding diaryl/α,β-unsaturated/α-hetero) is 1. The summed E-state index contributed by atoms with van der Waals surface area (Å²) in [4.78, 5) is 27.1. The highest BCUT2D eigenvalue weighted by Crippen LogP contribution is 2.29. The maximum atomic E-state index is 12.4. The molecule has 0 aliphatic carbocycles. The molecule has 3 rings (SSSR count). The van der Waals surface area contributed by atoms with E-state index in [4.69, 9.17) is 16.3 Å². The third-order valence-electron chi connectivity index (χ3n) is 3.75. The zero-order valence-corrected chi connectivity index (χ0v) is 16.5. The summed E-state index contributed by atoms with van der Waals surface area (Å²) in [7, 11) is 1.32. The Labute approximate surface area is 172 Å². The fourth-order valence-corrected chi connectivity index (χ4v) is 3.56. The number of benzene rings is 2. The fourth-order valence-electron chi connectivity index (χ4n) is 2.49. The predicted octanol–water partition coefficient (Wildman–Crippen LogP) is 3.19. The molecule has 0 aliphatic heterocycles. The minimum atomic E-state index is -2.98. The van der Waals surface area contributed by atoms with Gasteiger partial charge in [0.05, 0.1) is 16.3 Å². The molecule has 0 spiro atoms. The Bertz CT molecular complexity index is 1220. The van der Waals surface area contributed by atoms with Gasteiger partial charge in [-0.25, -0.2) is 0 Å². The molecular formula is C20H14ClF2NO4S. The van der Waals surface area contributed by atoms with E-state index in [1.807, 2.05) is 0 Å². The number of aromatic nitrogens is 1. The van der Waals surface area contributed by atoms with Crippen LogP contribution in [0.2, 0.25) is 5.02 Å². The highest BCUT2D eigenvalue weighted by Gasteiger charge is 2.10. The molecule has 29 heavy (non-hydrogen) atoms. The first kappa shape index (κ1) is 20.8. The summed E-state index contributed by atoms with van der Waals surface area (Å²) in [5.74, 6) is -0.303. The number of H-pyrrole nitrogens is 1. The smallest absolute Gasteiger partial charge is 0.387 e. The van der Waals surface area contributed by atoms with Crippen LogP contribution < -0.4 is 24.2 Å². The van der Waals surface area contributed by atoms with Crippen LogP contribution in [-0.4, -0.2) is 24.5 Å². The van der Waals surface area contributed by atoms with E-state index in [-0.39, 0.29) is 22.8 Å². The van der Waals surface area contributed by atoms with Gasteiger partial charge in [0.25, 0.3) is 5.56 Å². The Kier molecular flexibility index (Phi) is 6.46. The topological polar surface area (TPSA) is 68.4 Å². The Morgan fingerprint density at radius 3 is 2.69 bits per heavy atom. The molecule has 0 atom stereocenters. The number of alkyl halides is 2. The molecule has 1 N–H and O–H groups in total. The van der Waals surface area contributed by atoms with Crippen molar-refractivity contribution >= 4 is 40.9 Å². The number of rotatable bonds is 6. The molecule has 0 radical (unpaired) electrons. The lowest BCUT2D eigenvalue weighted by Crippen LogP contribution is -2.20. The van der Waals surface area contributed by atoms with Gasteiger partial charge < -0.3 is 14.5 Å². The maximum absolute atomic E-state index is 12.4. The third-order valence-corrected chi connectivity index (χ3v) is 4.95. The zero-order valence-electron chi connectivity index (χ0n) is 14.9. The second-order valence-corrected chi connectivity index (χ2v) is 7.26. The van der Waals surface area contributed by atoms with E-state index in [0.717, 1.165) is 11.3 Å². The summed E-state index contributed by atoms with van der Waals surface area (Å²) < 4.78 is 35.0. The van der Waals surface area contributed by atoms with Gasteiger partial charge in [-0.05, 0) is 35.9 Å². The number of carbonyl (C=O) groups is 1. The molecule has 0 aliphatic rings. The van der Waals surface area contributed by atoms with E-state index in [1.165, 1.54) is 37.5 Å². The van der Waals surface area contributed by atoms with Crippen molar-refractivity contribution in [3.8, 4) is 11.5 Å². The standard InChI is InChI=1S/C20H14ClF2NO4S/c1-27-16-7-11(5-6-15(16)28-20(22)23)8-17-19(26)24-18(29-17)10-14(25)12-3-2-4-13(21)9-12/h2-10,20H,1H3,(H,24,26)/b17-8-,18-10-. The molecule has 0 saturated heterocycles. The van der Waals surface area contributed by atoms with Crippen LogP contribution in [0.1, 0.15) is 15.9 Å². The molecule has 1 aromatic heterocycles. The lowest BCUT2D eigenvalue weighted by atomic mass is 10.1. The van der Waals surface area contributed by atoms with Crippen LogP contribution in [0, 0.1) is 0 Å². The van der Waals surface area contributed by atoms with E-state index in [2.05, 4.69) is 9.72 Å². The number of ether oxygens (including phenoxy) is 2. The Morgan fingerprint density at radius 1 is 1.21 bits per heavy atom. The minimum Gasteiger partial charge on any atom is -0.493 e. The SMILES string of the molecule is COc1cc(/C=c2\s/c(=C\C(=O)c3cccc(Cl)c3)[nH]c2=O)ccc1OC(F)F. The van der Waals surface area contributed by atoms with E-state index in [0.29, 0.717) is 25.3 Å². The summed E-state index contributed by atoms with van der Waals surface area (Å²) in [5.41, 5.74) is 0.562. The number of methoxy groups -OCH3 is 1. The highest BCUT2D eigenvalue weighted by molar-refractivity contribution is 7.07. The quantitative estimate of drug-likeness (QED) is 0.601. The number of hydrogen-bond acceptors (Lipinski definition) is 5. The minimum absolute atomic E-state index is 0.106. The Hall–Kier alpha value is -2.97. The Morgan fingerprint density at radius 2 is 2.00 bits per heavy atom. The van der Waals surface area contributed by atoms with Gasteiger partial charge >= 0.3 is 6.61 Å². The highest BCUT2D eigenvalue weighted by atomic mass is 35.5. The van der Waals surface area contributed by atoms with Gasteiger partial charge in [0, 0.05) is 16.7 Å². The molecule has 150 valence electrons. The van der Waals surface area contributed by atoms with Gasteiger partial charge in [0.2, 0.25) is 0 Å². The average molecular weight is 438 g/mol. The monoisotopic (exact) mass is 437 g/mol. The van der Waals surface area contributed by atoms with Gasteiger partial charge in [0.15, 0.2) is 17.3 Å². The van der Waals surface area contributed by atoms with Crippen molar-refractivity contribution < 1.29 is 23.0 Å². The van der Waals surface area contributed by atoms with Crippen LogP contribution in [0.25, 0.3) is 12.2 Å². The second kappa shape index (κ2) is 9.02. The molecule has 0 saturated carbocycles. The summed E-state index contributed by atoms with van der Waals surface area (Å²) in [6, 6.07) is 10.8. The van der Waals surface area contributed by atoms with Gasteiger partial charge in [-0.1, -0.05) is 29.8 Å². The molecule has 2 aromatic carbocycles. The molecular weight excluding hydrogens is 424 g/mol. The van der Waals surface area contributed by atoms with E-state index in [1.54, 1.807) is 24.3 Å². The molecule has 9 heteroatoms. The first-order valence-corrected chi connectivity index (χ1v) is 9.40. The van der Waals surface area contributed by atoms with Crippen molar-refractivity contribution in [2.24, 2.45) is 0 Å². The van der Waals surface area contributed by atoms with Crippen LogP contribution >= 0.6 is 22.9 Å². The van der Waals surface area contributed by atoms with Crippen LogP contribution in [0.5, 0.6) is 11.5 Å². The first-order chi connectivity index (χ1) is 13.9. The molecule has 0 amide bonds. The predicted molar refractivity (Wildman–Crippen MR) is 108 cm³/mol. The summed E-state index contributed by atoms with van der Waals surface area (Å²) >= 11 is 6.97. The van der Waals surface area contributed by atoms with E-state index < -0.39 is 6.61 Å². The van der Waals surface area contributed by atoms with Gasteiger partial charge in [0.1, 0.15) is 0 Å². The van der Waals surface area contributed by atoms with E-state index >= 15 is 0 Å². The van der Waals surface area contributed by atoms with Crippen molar-refractivity contribution in [1.29, 1.82) is 0 Å². The first-order valence-electron chi connectivity index (χ1n) is 8.21. The van der Waals surface area contributed by atoms with Gasteiger partial charge in [-0.3, -0.25) is 9.59 Å². The number of carbonyl (C=O) groups excluding carboxylic acids is 1. The summed E-state index contributed by atoms with van der Waals surface area (Å²) in [6.45, 7) is -2.98. The number of ketones is 1. The average Bonchev–Trinajstić information content (AvgIpc) is 3.01. The molecule has 0 bridgehead atoms. The maximum Gasteiger partial charge on any atom is 0.387 e. The number of hydrogen-bond donors (Lipinski definition) is 1. The van der Waals surface area contributed by atoms with Crippen molar-refractivity contribution in [1.82, 2.24) is 4.98 Å². The fraction of sp³-hybridized carbons (Fsp3) is 0.100. The van der Waals surface area contributed by atoms with Crippen LogP contribution in [0.15, 0.2) is 47.3 Å². The molecule has 3 aromatic rings. The molecule has 5 nitrogen and oxygen atoms in total. The largest absolute Gasteiger partial charge is 0.493 e.